The third-order valence-corrected chi connectivity index (χ3v) is 11.2. The number of nitrogens with zero attached hydrogens (tertiary/aromatic N) is 5. The second kappa shape index (κ2) is 14.4. The van der Waals surface area contributed by atoms with Gasteiger partial charge < -0.3 is 15.5 Å². The Bertz CT molecular complexity index is 2160. The topological polar surface area (TPSA) is 168 Å². The molecule has 5 heterocycles. The van der Waals surface area contributed by atoms with Crippen molar-refractivity contribution >= 4 is 63.7 Å². The quantitative estimate of drug-likeness (QED) is 0.149. The van der Waals surface area contributed by atoms with Crippen molar-refractivity contribution in [1.29, 1.82) is 0 Å². The second-order valence-corrected chi connectivity index (χ2v) is 14.8. The van der Waals surface area contributed by atoms with Gasteiger partial charge in [0.25, 0.3) is 5.91 Å². The van der Waals surface area contributed by atoms with E-state index in [-0.39, 0.29) is 55.9 Å². The molecule has 7 rings (SSSR count). The van der Waals surface area contributed by atoms with Gasteiger partial charge in [0.15, 0.2) is 11.6 Å². The summed E-state index contributed by atoms with van der Waals surface area (Å²) in [4.78, 5) is 71.1. The smallest absolute Gasteiger partial charge is 0.255 e. The highest BCUT2D eigenvalue weighted by atomic mass is 35.5. The van der Waals surface area contributed by atoms with Gasteiger partial charge in [0.2, 0.25) is 17.7 Å². The Labute approximate surface area is 308 Å². The zero-order valence-electron chi connectivity index (χ0n) is 28.9. The van der Waals surface area contributed by atoms with Gasteiger partial charge in [-0.05, 0) is 63.4 Å². The number of hydrogen-bond donors (Lipinski definition) is 3. The van der Waals surface area contributed by atoms with Crippen LogP contribution in [0.15, 0.2) is 47.5 Å². The molecule has 1 saturated heterocycles. The van der Waals surface area contributed by atoms with Crippen molar-refractivity contribution in [1.82, 2.24) is 30.3 Å². The summed E-state index contributed by atoms with van der Waals surface area (Å²) in [6.07, 6.45) is 1.17. The van der Waals surface area contributed by atoms with Gasteiger partial charge in [-0.2, -0.15) is 0 Å². The fourth-order valence-electron chi connectivity index (χ4n) is 6.93. The number of imide groups is 1. The highest BCUT2D eigenvalue weighted by Gasteiger charge is 2.40. The zero-order chi connectivity index (χ0) is 36.7. The number of piperidine rings is 1. The third kappa shape index (κ3) is 6.75. The lowest BCUT2D eigenvalue weighted by Crippen LogP contribution is -2.52. The van der Waals surface area contributed by atoms with Gasteiger partial charge in [0.1, 0.15) is 22.9 Å². The Morgan fingerprint density at radius 2 is 1.85 bits per heavy atom. The number of hydrogen-bond acceptors (Lipinski definition) is 10. The number of carbonyl (C=O) groups is 5. The molecule has 1 fully saturated rings. The number of amides is 4. The molecule has 0 radical (unpaired) electrons. The first-order valence-corrected chi connectivity index (χ1v) is 18.3. The van der Waals surface area contributed by atoms with E-state index in [0.29, 0.717) is 41.6 Å². The number of carbonyl (C=O) groups excluding carboxylic acids is 5. The minimum atomic E-state index is -0.693. The number of Topliss-reactive ketones (excluding diaryl/α,β-unsaturated/α-hetero) is 1. The highest BCUT2D eigenvalue weighted by Crippen LogP contribution is 2.40. The molecule has 3 aliphatic rings. The van der Waals surface area contributed by atoms with Crippen molar-refractivity contribution in [3.63, 3.8) is 0 Å². The fraction of sp³-hybridized carbons (Fsp3) is 0.351. The summed E-state index contributed by atoms with van der Waals surface area (Å²) < 4.78 is 1.99. The van der Waals surface area contributed by atoms with E-state index in [2.05, 4.69) is 40.0 Å². The van der Waals surface area contributed by atoms with Gasteiger partial charge in [0, 0.05) is 70.2 Å². The van der Waals surface area contributed by atoms with Gasteiger partial charge in [-0.25, -0.2) is 0 Å². The van der Waals surface area contributed by atoms with Gasteiger partial charge in [-0.1, -0.05) is 29.8 Å². The summed E-state index contributed by atoms with van der Waals surface area (Å²) in [5.74, 6) is -0.211. The zero-order valence-corrected chi connectivity index (χ0v) is 30.5. The number of fused-ring (bicyclic) bond motifs is 4. The number of aromatic nitrogens is 3. The molecular formula is C37H37ClN8O5S. The summed E-state index contributed by atoms with van der Waals surface area (Å²) in [6.45, 7) is 6.58. The van der Waals surface area contributed by atoms with Crippen LogP contribution >= 0.6 is 22.9 Å². The number of nitrogens with one attached hydrogen (secondary N) is 3. The van der Waals surface area contributed by atoms with E-state index in [1.165, 1.54) is 4.90 Å². The van der Waals surface area contributed by atoms with Crippen molar-refractivity contribution in [2.45, 2.75) is 71.5 Å². The molecule has 4 aromatic rings. The van der Waals surface area contributed by atoms with Crippen LogP contribution in [0.2, 0.25) is 5.02 Å². The largest absolute Gasteiger partial charge is 0.385 e. The first kappa shape index (κ1) is 35.2. The molecule has 0 spiro atoms. The second-order valence-electron chi connectivity index (χ2n) is 13.2. The maximum Gasteiger partial charge on any atom is 0.255 e. The maximum absolute atomic E-state index is 13.3. The summed E-state index contributed by atoms with van der Waals surface area (Å²) in [5.41, 5.74) is 5.75. The van der Waals surface area contributed by atoms with E-state index in [1.807, 2.05) is 41.8 Å². The molecule has 0 aliphatic carbocycles. The number of anilines is 1. The monoisotopic (exact) mass is 740 g/mol. The highest BCUT2D eigenvalue weighted by molar-refractivity contribution is 7.15. The maximum atomic E-state index is 13.3. The van der Waals surface area contributed by atoms with Crippen LogP contribution in [0.1, 0.15) is 87.3 Å². The number of benzene rings is 2. The number of aryl methyl sites for hydroxylation is 2. The molecule has 15 heteroatoms. The van der Waals surface area contributed by atoms with Crippen LogP contribution in [-0.4, -0.2) is 73.9 Å². The van der Waals surface area contributed by atoms with Gasteiger partial charge in [0.05, 0.1) is 12.3 Å². The van der Waals surface area contributed by atoms with Crippen LogP contribution in [-0.2, 0) is 25.7 Å². The van der Waals surface area contributed by atoms with Crippen LogP contribution < -0.4 is 16.0 Å². The van der Waals surface area contributed by atoms with E-state index in [1.54, 1.807) is 23.5 Å². The molecule has 1 unspecified atom stereocenters. The standard InChI is InChI=1S/C37H37ClN8O5S/c1-19-20(2)52-37-32(19)33(22-9-11-23(38)12-10-22)41-28(34-44-43-21(3)46(34)37)16-24(47)17-40-30(48)8-5-15-39-27-7-4-6-25-26(27)18-45(36(25)51)29-13-14-31(49)42-35(29)50/h4,6-7,9-12,28-29,39H,5,8,13-18H2,1-3H3,(H,40,48)(H,42,49,50)/t28-,29?/m0/s1. The summed E-state index contributed by atoms with van der Waals surface area (Å²) in [7, 11) is 0. The molecule has 52 heavy (non-hydrogen) atoms. The van der Waals surface area contributed by atoms with E-state index >= 15 is 0 Å². The van der Waals surface area contributed by atoms with Crippen LogP contribution in [0.5, 0.6) is 0 Å². The summed E-state index contributed by atoms with van der Waals surface area (Å²) in [5, 5.41) is 18.7. The SMILES string of the molecule is Cc1sc2c(c1C)C(c1ccc(Cl)cc1)=N[C@@H](CC(=O)CNC(=O)CCCNc1cccc3c1CN(C1CCC(=O)NC1=O)C3=O)c1nnc(C)n1-2. The summed E-state index contributed by atoms with van der Waals surface area (Å²) >= 11 is 7.84. The first-order valence-electron chi connectivity index (χ1n) is 17.1. The molecular weight excluding hydrogens is 704 g/mol. The number of thiophene rings is 1. The minimum absolute atomic E-state index is 0.0255. The molecule has 13 nitrogen and oxygen atoms in total. The molecule has 4 amide bonds. The van der Waals surface area contributed by atoms with E-state index in [4.69, 9.17) is 16.6 Å². The Morgan fingerprint density at radius 1 is 1.06 bits per heavy atom. The number of aliphatic imine (C=N–C) groups is 1. The first-order chi connectivity index (χ1) is 25.0. The molecule has 2 aromatic carbocycles. The lowest BCUT2D eigenvalue weighted by Gasteiger charge is -2.29. The molecule has 3 N–H and O–H groups in total. The molecule has 2 aromatic heterocycles. The fourth-order valence-corrected chi connectivity index (χ4v) is 8.27. The Kier molecular flexibility index (Phi) is 9.77. The Hall–Kier alpha value is -5.21. The third-order valence-electron chi connectivity index (χ3n) is 9.74. The predicted molar refractivity (Wildman–Crippen MR) is 196 cm³/mol. The van der Waals surface area contributed by atoms with Crippen LogP contribution in [0, 0.1) is 20.8 Å². The van der Waals surface area contributed by atoms with E-state index in [9.17, 15) is 24.0 Å². The van der Waals surface area contributed by atoms with Crippen LogP contribution in [0.4, 0.5) is 5.69 Å². The van der Waals surface area contributed by atoms with Crippen molar-refractivity contribution in [2.24, 2.45) is 4.99 Å². The van der Waals surface area contributed by atoms with Crippen molar-refractivity contribution in [3.05, 3.63) is 91.8 Å². The van der Waals surface area contributed by atoms with Crippen molar-refractivity contribution in [2.75, 3.05) is 18.4 Å². The van der Waals surface area contributed by atoms with Crippen molar-refractivity contribution < 1.29 is 24.0 Å². The van der Waals surface area contributed by atoms with Gasteiger partial charge in [-0.15, -0.1) is 21.5 Å². The molecule has 0 saturated carbocycles. The van der Waals surface area contributed by atoms with Gasteiger partial charge in [-0.3, -0.25) is 38.8 Å². The van der Waals surface area contributed by atoms with Crippen LogP contribution in [0.3, 0.4) is 0 Å². The Morgan fingerprint density at radius 3 is 2.62 bits per heavy atom. The van der Waals surface area contributed by atoms with Crippen LogP contribution in [0.25, 0.3) is 5.00 Å². The van der Waals surface area contributed by atoms with Gasteiger partial charge >= 0.3 is 0 Å². The normalized spacial score (nSPS) is 17.9. The lowest BCUT2D eigenvalue weighted by atomic mass is 9.99. The van der Waals surface area contributed by atoms with Crippen molar-refractivity contribution in [3.8, 4) is 5.00 Å². The molecule has 3 aliphatic heterocycles. The molecule has 2 atom stereocenters. The number of ketones is 1. The number of rotatable bonds is 11. The van der Waals surface area contributed by atoms with E-state index in [0.717, 1.165) is 43.5 Å². The lowest BCUT2D eigenvalue weighted by molar-refractivity contribution is -0.137. The molecule has 0 bridgehead atoms. The summed E-state index contributed by atoms with van der Waals surface area (Å²) in [6, 6.07) is 11.5. The molecule has 268 valence electrons. The Balaban J connectivity index is 0.959. The number of halogens is 1. The predicted octanol–water partition coefficient (Wildman–Crippen LogP) is 4.53. The average molecular weight is 741 g/mol. The minimum Gasteiger partial charge on any atom is -0.385 e. The average Bonchev–Trinajstić information content (AvgIpc) is 3.73. The van der Waals surface area contributed by atoms with E-state index < -0.39 is 18.0 Å².